The highest BCUT2D eigenvalue weighted by atomic mass is 16.3. The van der Waals surface area contributed by atoms with Crippen LogP contribution in [0.3, 0.4) is 0 Å². The third kappa shape index (κ3) is 2.96. The van der Waals surface area contributed by atoms with Crippen LogP contribution in [0.4, 0.5) is 5.69 Å². The molecular formula is C28H25NO. The van der Waals surface area contributed by atoms with Crippen molar-refractivity contribution >= 4 is 27.6 Å². The number of benzene rings is 4. The van der Waals surface area contributed by atoms with Gasteiger partial charge in [-0.2, -0.15) is 0 Å². The maximum atomic E-state index is 6.83. The fourth-order valence-corrected chi connectivity index (χ4v) is 4.16. The highest BCUT2D eigenvalue weighted by Crippen LogP contribution is 2.43. The highest BCUT2D eigenvalue weighted by Gasteiger charge is 2.21. The Hall–Kier alpha value is -3.52. The first kappa shape index (κ1) is 18.5. The smallest absolute Gasteiger partial charge is 0.136 e. The van der Waals surface area contributed by atoms with Crippen molar-refractivity contribution in [3.8, 4) is 22.3 Å². The van der Waals surface area contributed by atoms with E-state index in [0.717, 1.165) is 49.9 Å². The number of rotatable bonds is 2. The summed E-state index contributed by atoms with van der Waals surface area (Å²) in [7, 11) is 0. The van der Waals surface area contributed by atoms with Crippen LogP contribution in [0.15, 0.2) is 89.3 Å². The minimum atomic E-state index is -0.00165. The molecule has 0 aliphatic carbocycles. The third-order valence-corrected chi connectivity index (χ3v) is 5.82. The van der Waals surface area contributed by atoms with Crippen LogP contribution in [-0.4, -0.2) is 0 Å². The minimum Gasteiger partial charge on any atom is -0.456 e. The molecule has 2 heteroatoms. The van der Waals surface area contributed by atoms with E-state index in [1.165, 1.54) is 5.56 Å². The molecule has 0 aliphatic rings. The molecule has 5 rings (SSSR count). The Morgan fingerprint density at radius 2 is 1.33 bits per heavy atom. The zero-order chi connectivity index (χ0) is 20.9. The van der Waals surface area contributed by atoms with Gasteiger partial charge in [-0.05, 0) is 46.4 Å². The van der Waals surface area contributed by atoms with E-state index in [2.05, 4.69) is 75.4 Å². The Kier molecular flexibility index (Phi) is 4.18. The van der Waals surface area contributed by atoms with E-state index in [1.54, 1.807) is 0 Å². The summed E-state index contributed by atoms with van der Waals surface area (Å²) in [4.78, 5) is 0. The van der Waals surface area contributed by atoms with Crippen molar-refractivity contribution in [1.29, 1.82) is 0 Å². The van der Waals surface area contributed by atoms with Crippen LogP contribution in [0.1, 0.15) is 26.3 Å². The summed E-state index contributed by atoms with van der Waals surface area (Å²) >= 11 is 0. The van der Waals surface area contributed by atoms with Crippen molar-refractivity contribution in [2.75, 3.05) is 5.73 Å². The van der Waals surface area contributed by atoms with E-state index < -0.39 is 0 Å². The standard InChI is InChI=1S/C28H25NO/c1-28(2,3)19-16-22(18-10-5-4-6-11-18)27(29)23(17-19)20-13-9-15-25-26(20)21-12-7-8-14-24(21)30-25/h4-17H,29H2,1-3H3. The van der Waals surface area contributed by atoms with Crippen molar-refractivity contribution in [2.24, 2.45) is 0 Å². The number of hydrogen-bond acceptors (Lipinski definition) is 2. The minimum absolute atomic E-state index is 0.00165. The van der Waals surface area contributed by atoms with Gasteiger partial charge in [-0.25, -0.2) is 0 Å². The van der Waals surface area contributed by atoms with E-state index in [4.69, 9.17) is 10.2 Å². The Labute approximate surface area is 177 Å². The number of hydrogen-bond donors (Lipinski definition) is 1. The fourth-order valence-electron chi connectivity index (χ4n) is 4.16. The predicted molar refractivity (Wildman–Crippen MR) is 128 cm³/mol. The summed E-state index contributed by atoms with van der Waals surface area (Å²) in [5, 5.41) is 2.23. The molecule has 0 aliphatic heterocycles. The monoisotopic (exact) mass is 391 g/mol. The second kappa shape index (κ2) is 6.77. The molecule has 0 saturated heterocycles. The topological polar surface area (TPSA) is 39.2 Å². The lowest BCUT2D eigenvalue weighted by molar-refractivity contribution is 0.591. The third-order valence-electron chi connectivity index (χ3n) is 5.82. The molecule has 5 aromatic rings. The molecule has 0 bridgehead atoms. The van der Waals surface area contributed by atoms with Gasteiger partial charge in [0.2, 0.25) is 0 Å². The number of anilines is 1. The molecular weight excluding hydrogens is 366 g/mol. The first-order chi connectivity index (χ1) is 14.4. The van der Waals surface area contributed by atoms with Crippen LogP contribution < -0.4 is 5.73 Å². The van der Waals surface area contributed by atoms with E-state index in [1.807, 2.05) is 30.3 Å². The van der Waals surface area contributed by atoms with Crippen molar-refractivity contribution < 1.29 is 4.42 Å². The van der Waals surface area contributed by atoms with Crippen LogP contribution in [0.5, 0.6) is 0 Å². The highest BCUT2D eigenvalue weighted by molar-refractivity contribution is 6.14. The van der Waals surface area contributed by atoms with Crippen LogP contribution >= 0.6 is 0 Å². The Bertz CT molecular complexity index is 1370. The van der Waals surface area contributed by atoms with Gasteiger partial charge in [0, 0.05) is 27.6 Å². The second-order valence-electron chi connectivity index (χ2n) is 8.88. The summed E-state index contributed by atoms with van der Waals surface area (Å²) in [6.07, 6.45) is 0. The van der Waals surface area contributed by atoms with E-state index in [9.17, 15) is 0 Å². The quantitative estimate of drug-likeness (QED) is 0.312. The van der Waals surface area contributed by atoms with Gasteiger partial charge in [0.15, 0.2) is 0 Å². The normalized spacial score (nSPS) is 12.0. The Morgan fingerprint density at radius 3 is 2.10 bits per heavy atom. The molecule has 148 valence electrons. The molecule has 0 atom stereocenters. The first-order valence-electron chi connectivity index (χ1n) is 10.3. The zero-order valence-corrected chi connectivity index (χ0v) is 17.6. The Morgan fingerprint density at radius 1 is 0.667 bits per heavy atom. The molecule has 1 aromatic heterocycles. The first-order valence-corrected chi connectivity index (χ1v) is 10.3. The van der Waals surface area contributed by atoms with Crippen molar-refractivity contribution in [2.45, 2.75) is 26.2 Å². The van der Waals surface area contributed by atoms with Gasteiger partial charge in [0.1, 0.15) is 11.2 Å². The van der Waals surface area contributed by atoms with E-state index in [-0.39, 0.29) is 5.41 Å². The summed E-state index contributed by atoms with van der Waals surface area (Å²) in [6, 6.07) is 29.3. The molecule has 4 aromatic carbocycles. The van der Waals surface area contributed by atoms with Crippen molar-refractivity contribution in [3.05, 3.63) is 90.5 Å². The van der Waals surface area contributed by atoms with Gasteiger partial charge >= 0.3 is 0 Å². The summed E-state index contributed by atoms with van der Waals surface area (Å²) < 4.78 is 6.13. The lowest BCUT2D eigenvalue weighted by Crippen LogP contribution is -2.12. The van der Waals surface area contributed by atoms with Gasteiger partial charge < -0.3 is 10.2 Å². The predicted octanol–water partition coefficient (Wildman–Crippen LogP) is 7.80. The molecule has 30 heavy (non-hydrogen) atoms. The molecule has 0 fully saturated rings. The SMILES string of the molecule is CC(C)(C)c1cc(-c2ccccc2)c(N)c(-c2cccc3oc4ccccc4c23)c1. The van der Waals surface area contributed by atoms with Crippen molar-refractivity contribution in [3.63, 3.8) is 0 Å². The van der Waals surface area contributed by atoms with Crippen molar-refractivity contribution in [1.82, 2.24) is 0 Å². The second-order valence-corrected chi connectivity index (χ2v) is 8.88. The van der Waals surface area contributed by atoms with Gasteiger partial charge in [0.25, 0.3) is 0 Å². The van der Waals surface area contributed by atoms with E-state index in [0.29, 0.717) is 0 Å². The maximum absolute atomic E-state index is 6.83. The molecule has 0 amide bonds. The lowest BCUT2D eigenvalue weighted by Gasteiger charge is -2.23. The summed E-state index contributed by atoms with van der Waals surface area (Å²) in [5.41, 5.74) is 15.0. The molecule has 0 unspecified atom stereocenters. The summed E-state index contributed by atoms with van der Waals surface area (Å²) in [6.45, 7) is 6.72. The zero-order valence-electron chi connectivity index (χ0n) is 17.6. The molecule has 0 radical (unpaired) electrons. The Balaban J connectivity index is 1.88. The number of para-hydroxylation sites is 1. The average Bonchev–Trinajstić information content (AvgIpc) is 3.12. The summed E-state index contributed by atoms with van der Waals surface area (Å²) in [5.74, 6) is 0. The number of furan rings is 1. The van der Waals surface area contributed by atoms with Crippen LogP contribution in [-0.2, 0) is 5.41 Å². The maximum Gasteiger partial charge on any atom is 0.136 e. The molecule has 2 nitrogen and oxygen atoms in total. The average molecular weight is 392 g/mol. The van der Waals surface area contributed by atoms with Gasteiger partial charge in [-0.15, -0.1) is 0 Å². The largest absolute Gasteiger partial charge is 0.456 e. The lowest BCUT2D eigenvalue weighted by atomic mass is 9.82. The number of fused-ring (bicyclic) bond motifs is 3. The fraction of sp³-hybridized carbons (Fsp3) is 0.143. The number of nitrogens with two attached hydrogens (primary N) is 1. The van der Waals surface area contributed by atoms with Crippen LogP contribution in [0.2, 0.25) is 0 Å². The van der Waals surface area contributed by atoms with E-state index >= 15 is 0 Å². The number of nitrogen functional groups attached to an aromatic ring is 1. The molecule has 1 heterocycles. The molecule has 0 spiro atoms. The van der Waals surface area contributed by atoms with Gasteiger partial charge in [-0.3, -0.25) is 0 Å². The van der Waals surface area contributed by atoms with Gasteiger partial charge in [-0.1, -0.05) is 81.4 Å². The molecule has 2 N–H and O–H groups in total. The van der Waals surface area contributed by atoms with Crippen LogP contribution in [0.25, 0.3) is 44.2 Å². The van der Waals surface area contributed by atoms with Crippen LogP contribution in [0, 0.1) is 0 Å². The molecule has 0 saturated carbocycles. The van der Waals surface area contributed by atoms with Gasteiger partial charge in [0.05, 0.1) is 0 Å².